The summed E-state index contributed by atoms with van der Waals surface area (Å²) in [6.07, 6.45) is 0. The fourth-order valence-electron chi connectivity index (χ4n) is 1.01. The van der Waals surface area contributed by atoms with E-state index in [4.69, 9.17) is 28.9 Å². The molecule has 1 unspecified atom stereocenters. The van der Waals surface area contributed by atoms with Crippen LogP contribution in [0.15, 0.2) is 6.07 Å². The molecule has 0 fully saturated rings. The van der Waals surface area contributed by atoms with Crippen molar-refractivity contribution in [2.45, 2.75) is 13.0 Å². The standard InChI is InChI=1S/C8H10Cl2N2OS/c1-4(12-3-7(11)13)5-2-6(9)14-8(5)10/h2,4,12H,3H2,1H3,(H2,11,13). The van der Waals surface area contributed by atoms with Crippen molar-refractivity contribution >= 4 is 40.4 Å². The minimum Gasteiger partial charge on any atom is -0.369 e. The Hall–Kier alpha value is -0.290. The molecule has 3 N–H and O–H groups in total. The average molecular weight is 253 g/mol. The van der Waals surface area contributed by atoms with Gasteiger partial charge in [-0.2, -0.15) is 0 Å². The number of carbonyl (C=O) groups excluding carboxylic acids is 1. The van der Waals surface area contributed by atoms with Gasteiger partial charge in [0.05, 0.1) is 15.2 Å². The second kappa shape index (κ2) is 4.98. The van der Waals surface area contributed by atoms with E-state index in [2.05, 4.69) is 5.32 Å². The molecule has 0 spiro atoms. The summed E-state index contributed by atoms with van der Waals surface area (Å²) in [6.45, 7) is 2.03. The molecule has 0 aliphatic carbocycles. The highest BCUT2D eigenvalue weighted by molar-refractivity contribution is 7.20. The largest absolute Gasteiger partial charge is 0.369 e. The van der Waals surface area contributed by atoms with Crippen LogP contribution in [0.5, 0.6) is 0 Å². The Morgan fingerprint density at radius 1 is 1.71 bits per heavy atom. The SMILES string of the molecule is CC(NCC(N)=O)c1cc(Cl)sc1Cl. The van der Waals surface area contributed by atoms with Crippen molar-refractivity contribution in [2.75, 3.05) is 6.54 Å². The van der Waals surface area contributed by atoms with Crippen molar-refractivity contribution in [2.24, 2.45) is 5.73 Å². The third-order valence-corrected chi connectivity index (χ3v) is 3.25. The molecule has 0 radical (unpaired) electrons. The number of halogens is 2. The van der Waals surface area contributed by atoms with Crippen LogP contribution >= 0.6 is 34.5 Å². The van der Waals surface area contributed by atoms with Crippen LogP contribution in [0.3, 0.4) is 0 Å². The van der Waals surface area contributed by atoms with Crippen molar-refractivity contribution in [1.82, 2.24) is 5.32 Å². The average Bonchev–Trinajstić information content (AvgIpc) is 2.41. The predicted octanol–water partition coefficient (Wildman–Crippen LogP) is 2.19. The Morgan fingerprint density at radius 2 is 2.36 bits per heavy atom. The molecule has 1 atom stereocenters. The van der Waals surface area contributed by atoms with Gasteiger partial charge in [-0.15, -0.1) is 11.3 Å². The molecule has 1 aromatic rings. The number of primary amides is 1. The number of carbonyl (C=O) groups is 1. The van der Waals surface area contributed by atoms with Crippen molar-refractivity contribution in [1.29, 1.82) is 0 Å². The molecule has 1 heterocycles. The lowest BCUT2D eigenvalue weighted by molar-refractivity contribution is -0.117. The molecule has 0 saturated heterocycles. The van der Waals surface area contributed by atoms with Crippen molar-refractivity contribution in [3.8, 4) is 0 Å². The van der Waals surface area contributed by atoms with Crippen LogP contribution in [0.2, 0.25) is 8.67 Å². The Morgan fingerprint density at radius 3 is 2.79 bits per heavy atom. The summed E-state index contributed by atoms with van der Waals surface area (Å²) in [5, 5.41) is 2.94. The molecule has 3 nitrogen and oxygen atoms in total. The van der Waals surface area contributed by atoms with E-state index >= 15 is 0 Å². The number of rotatable bonds is 4. The van der Waals surface area contributed by atoms with E-state index in [1.807, 2.05) is 6.92 Å². The molecule has 0 aromatic carbocycles. The topological polar surface area (TPSA) is 55.1 Å². The molecule has 0 aliphatic rings. The van der Waals surface area contributed by atoms with Crippen molar-refractivity contribution in [3.63, 3.8) is 0 Å². The third kappa shape index (κ3) is 3.13. The Balaban J connectivity index is 2.64. The summed E-state index contributed by atoms with van der Waals surface area (Å²) in [5.41, 5.74) is 5.90. The molecule has 78 valence electrons. The normalized spacial score (nSPS) is 12.8. The zero-order valence-electron chi connectivity index (χ0n) is 7.51. The summed E-state index contributed by atoms with van der Waals surface area (Å²) < 4.78 is 1.28. The van der Waals surface area contributed by atoms with Gasteiger partial charge in [-0.1, -0.05) is 23.2 Å². The first-order valence-electron chi connectivity index (χ1n) is 3.97. The zero-order valence-corrected chi connectivity index (χ0v) is 9.84. The van der Waals surface area contributed by atoms with Crippen LogP contribution in [0.1, 0.15) is 18.5 Å². The van der Waals surface area contributed by atoms with Gasteiger partial charge in [0.25, 0.3) is 0 Å². The van der Waals surface area contributed by atoms with Gasteiger partial charge in [0.1, 0.15) is 0 Å². The molecule has 6 heteroatoms. The van der Waals surface area contributed by atoms with Gasteiger partial charge in [-0.3, -0.25) is 4.79 Å². The molecule has 0 aliphatic heterocycles. The van der Waals surface area contributed by atoms with Gasteiger partial charge in [0.15, 0.2) is 0 Å². The second-order valence-corrected chi connectivity index (χ2v) is 5.13. The Labute approximate surface area is 96.2 Å². The van der Waals surface area contributed by atoms with Gasteiger partial charge in [-0.25, -0.2) is 0 Å². The van der Waals surface area contributed by atoms with Gasteiger partial charge >= 0.3 is 0 Å². The zero-order chi connectivity index (χ0) is 10.7. The predicted molar refractivity (Wildman–Crippen MR) is 60.0 cm³/mol. The highest BCUT2D eigenvalue weighted by Crippen LogP contribution is 2.34. The van der Waals surface area contributed by atoms with Crippen molar-refractivity contribution < 1.29 is 4.79 Å². The summed E-state index contributed by atoms with van der Waals surface area (Å²) in [7, 11) is 0. The number of hydrogen-bond acceptors (Lipinski definition) is 3. The number of nitrogens with two attached hydrogens (primary N) is 1. The maximum absolute atomic E-state index is 10.5. The van der Waals surface area contributed by atoms with E-state index in [1.165, 1.54) is 11.3 Å². The molecular weight excluding hydrogens is 243 g/mol. The molecule has 0 bridgehead atoms. The first kappa shape index (κ1) is 11.8. The maximum atomic E-state index is 10.5. The van der Waals surface area contributed by atoms with E-state index in [9.17, 15) is 4.79 Å². The fraction of sp³-hybridized carbons (Fsp3) is 0.375. The van der Waals surface area contributed by atoms with Gasteiger partial charge < -0.3 is 11.1 Å². The van der Waals surface area contributed by atoms with Crippen molar-refractivity contribution in [3.05, 3.63) is 20.3 Å². The number of hydrogen-bond donors (Lipinski definition) is 2. The molecular formula is C8H10Cl2N2OS. The molecule has 14 heavy (non-hydrogen) atoms. The van der Waals surface area contributed by atoms with Crippen LogP contribution in [0, 0.1) is 0 Å². The quantitative estimate of drug-likeness (QED) is 0.864. The number of amides is 1. The van der Waals surface area contributed by atoms with E-state index in [1.54, 1.807) is 6.07 Å². The third-order valence-electron chi connectivity index (χ3n) is 1.73. The van der Waals surface area contributed by atoms with Gasteiger partial charge in [-0.05, 0) is 18.6 Å². The van der Waals surface area contributed by atoms with E-state index in [-0.39, 0.29) is 12.6 Å². The van der Waals surface area contributed by atoms with E-state index in [0.29, 0.717) is 8.67 Å². The lowest BCUT2D eigenvalue weighted by Crippen LogP contribution is -2.30. The van der Waals surface area contributed by atoms with E-state index in [0.717, 1.165) is 5.56 Å². The summed E-state index contributed by atoms with van der Waals surface area (Å²) in [6, 6.07) is 1.76. The smallest absolute Gasteiger partial charge is 0.231 e. The first-order valence-corrected chi connectivity index (χ1v) is 5.54. The summed E-state index contributed by atoms with van der Waals surface area (Å²) >= 11 is 13.0. The second-order valence-electron chi connectivity index (χ2n) is 2.85. The fourth-order valence-corrected chi connectivity index (χ4v) is 2.66. The van der Waals surface area contributed by atoms with Crippen LogP contribution < -0.4 is 11.1 Å². The molecule has 1 rings (SSSR count). The van der Waals surface area contributed by atoms with Gasteiger partial charge in [0.2, 0.25) is 5.91 Å². The number of nitrogens with one attached hydrogen (secondary N) is 1. The van der Waals surface area contributed by atoms with Crippen LogP contribution in [-0.4, -0.2) is 12.5 Å². The minimum absolute atomic E-state index is 0.0289. The maximum Gasteiger partial charge on any atom is 0.231 e. The van der Waals surface area contributed by atoms with Gasteiger partial charge in [0, 0.05) is 6.04 Å². The summed E-state index contributed by atoms with van der Waals surface area (Å²) in [4.78, 5) is 10.5. The van der Waals surface area contributed by atoms with E-state index < -0.39 is 5.91 Å². The van der Waals surface area contributed by atoms with Crippen LogP contribution in [-0.2, 0) is 4.79 Å². The lowest BCUT2D eigenvalue weighted by Gasteiger charge is -2.10. The molecule has 0 saturated carbocycles. The highest BCUT2D eigenvalue weighted by atomic mass is 35.5. The monoisotopic (exact) mass is 252 g/mol. The lowest BCUT2D eigenvalue weighted by atomic mass is 10.2. The Kier molecular flexibility index (Phi) is 4.19. The Bertz CT molecular complexity index is 340. The minimum atomic E-state index is -0.394. The highest BCUT2D eigenvalue weighted by Gasteiger charge is 2.13. The summed E-state index contributed by atoms with van der Waals surface area (Å²) in [5.74, 6) is -0.394. The number of thiophene rings is 1. The molecule has 1 aromatic heterocycles. The molecule has 1 amide bonds. The van der Waals surface area contributed by atoms with Crippen LogP contribution in [0.25, 0.3) is 0 Å². The van der Waals surface area contributed by atoms with Crippen LogP contribution in [0.4, 0.5) is 0 Å². The first-order chi connectivity index (χ1) is 6.50.